The van der Waals surface area contributed by atoms with E-state index in [2.05, 4.69) is 0 Å². The van der Waals surface area contributed by atoms with Crippen molar-refractivity contribution in [1.29, 1.82) is 0 Å². The van der Waals surface area contributed by atoms with Gasteiger partial charge in [0.05, 0.1) is 12.7 Å². The van der Waals surface area contributed by atoms with E-state index in [1.807, 2.05) is 6.92 Å². The highest BCUT2D eigenvalue weighted by Crippen LogP contribution is 2.26. The van der Waals surface area contributed by atoms with Gasteiger partial charge in [0.25, 0.3) is 0 Å². The lowest BCUT2D eigenvalue weighted by Crippen LogP contribution is -2.48. The maximum atomic E-state index is 10.9. The second-order valence-corrected chi connectivity index (χ2v) is 4.40. The summed E-state index contributed by atoms with van der Waals surface area (Å²) in [5.74, 6) is -1.81. The third-order valence-electron chi connectivity index (χ3n) is 2.28. The van der Waals surface area contributed by atoms with Gasteiger partial charge in [-0.2, -0.15) is 0 Å². The molecule has 1 rings (SSSR count). The first kappa shape index (κ1) is 13.4. The van der Waals surface area contributed by atoms with Crippen molar-refractivity contribution < 1.29 is 24.1 Å². The van der Waals surface area contributed by atoms with Crippen LogP contribution in [0.3, 0.4) is 0 Å². The minimum absolute atomic E-state index is 0.212. The van der Waals surface area contributed by atoms with Gasteiger partial charge in [-0.3, -0.25) is 0 Å². The van der Waals surface area contributed by atoms with Crippen molar-refractivity contribution in [3.8, 4) is 0 Å². The number of hydrogen-bond donors (Lipinski definition) is 1. The summed E-state index contributed by atoms with van der Waals surface area (Å²) in [6.45, 7) is 6.54. The SMILES string of the molecule is CCCOCC1CC(C(=O)O)OC(C)(C)O1. The predicted octanol–water partition coefficient (Wildman–Crippen LogP) is 1.41. The normalized spacial score (nSPS) is 28.9. The molecule has 0 aromatic carbocycles. The molecule has 0 aliphatic carbocycles. The standard InChI is InChI=1S/C11H20O5/c1-4-5-14-7-8-6-9(10(12)13)16-11(2,3)15-8/h8-9H,4-7H2,1-3H3,(H,12,13). The lowest BCUT2D eigenvalue weighted by atomic mass is 10.1. The van der Waals surface area contributed by atoms with Gasteiger partial charge in [-0.25, -0.2) is 4.79 Å². The fourth-order valence-electron chi connectivity index (χ4n) is 1.72. The second-order valence-electron chi connectivity index (χ2n) is 4.40. The maximum absolute atomic E-state index is 10.9. The van der Waals surface area contributed by atoms with Crippen LogP contribution in [0.2, 0.25) is 0 Å². The zero-order valence-electron chi connectivity index (χ0n) is 10.1. The minimum atomic E-state index is -0.947. The monoisotopic (exact) mass is 232 g/mol. The van der Waals surface area contributed by atoms with Crippen molar-refractivity contribution >= 4 is 5.97 Å². The predicted molar refractivity (Wildman–Crippen MR) is 57.2 cm³/mol. The first-order valence-corrected chi connectivity index (χ1v) is 5.61. The van der Waals surface area contributed by atoms with E-state index in [0.29, 0.717) is 19.6 Å². The summed E-state index contributed by atoms with van der Waals surface area (Å²) in [6.07, 6.45) is 0.257. The lowest BCUT2D eigenvalue weighted by Gasteiger charge is -2.39. The lowest BCUT2D eigenvalue weighted by molar-refractivity contribution is -0.302. The number of hydrogen-bond acceptors (Lipinski definition) is 4. The fourth-order valence-corrected chi connectivity index (χ4v) is 1.72. The highest BCUT2D eigenvalue weighted by molar-refractivity contribution is 5.72. The zero-order chi connectivity index (χ0) is 12.2. The van der Waals surface area contributed by atoms with Crippen molar-refractivity contribution in [2.75, 3.05) is 13.2 Å². The van der Waals surface area contributed by atoms with Gasteiger partial charge in [0.2, 0.25) is 0 Å². The van der Waals surface area contributed by atoms with Crippen molar-refractivity contribution in [3.05, 3.63) is 0 Å². The van der Waals surface area contributed by atoms with Crippen LogP contribution < -0.4 is 0 Å². The molecule has 1 N–H and O–H groups in total. The highest BCUT2D eigenvalue weighted by Gasteiger charge is 2.38. The van der Waals surface area contributed by atoms with E-state index in [4.69, 9.17) is 19.3 Å². The van der Waals surface area contributed by atoms with Crippen LogP contribution in [0.15, 0.2) is 0 Å². The van der Waals surface area contributed by atoms with Gasteiger partial charge in [0.1, 0.15) is 0 Å². The molecule has 1 aliphatic rings. The molecule has 0 radical (unpaired) electrons. The molecule has 1 saturated heterocycles. The first-order valence-electron chi connectivity index (χ1n) is 5.61. The molecule has 94 valence electrons. The fraction of sp³-hybridized carbons (Fsp3) is 0.909. The Morgan fingerprint density at radius 1 is 1.50 bits per heavy atom. The third-order valence-corrected chi connectivity index (χ3v) is 2.28. The zero-order valence-corrected chi connectivity index (χ0v) is 10.1. The Kier molecular flexibility index (Phi) is 4.70. The number of aliphatic carboxylic acids is 1. The number of ether oxygens (including phenoxy) is 3. The summed E-state index contributed by atoms with van der Waals surface area (Å²) in [5.41, 5.74) is 0. The highest BCUT2D eigenvalue weighted by atomic mass is 16.7. The van der Waals surface area contributed by atoms with E-state index >= 15 is 0 Å². The summed E-state index contributed by atoms with van der Waals surface area (Å²) < 4.78 is 16.3. The van der Waals surface area contributed by atoms with Crippen molar-refractivity contribution in [3.63, 3.8) is 0 Å². The molecule has 0 aromatic rings. The molecule has 0 spiro atoms. The summed E-state index contributed by atoms with van der Waals surface area (Å²) in [5, 5.41) is 8.94. The van der Waals surface area contributed by atoms with Crippen LogP contribution in [0.1, 0.15) is 33.6 Å². The molecule has 0 saturated carbocycles. The van der Waals surface area contributed by atoms with E-state index in [1.165, 1.54) is 0 Å². The van der Waals surface area contributed by atoms with Gasteiger partial charge < -0.3 is 19.3 Å². The molecular weight excluding hydrogens is 212 g/mol. The number of rotatable bonds is 5. The molecule has 0 aromatic heterocycles. The molecule has 2 atom stereocenters. The van der Waals surface area contributed by atoms with Crippen LogP contribution in [0, 0.1) is 0 Å². The van der Waals surface area contributed by atoms with Gasteiger partial charge in [-0.1, -0.05) is 6.92 Å². The van der Waals surface area contributed by atoms with Crippen LogP contribution in [0.4, 0.5) is 0 Å². The number of carboxylic acids is 1. The largest absolute Gasteiger partial charge is 0.479 e. The van der Waals surface area contributed by atoms with E-state index < -0.39 is 17.9 Å². The Bertz CT molecular complexity index is 239. The Morgan fingerprint density at radius 3 is 2.75 bits per heavy atom. The molecule has 5 nitrogen and oxygen atoms in total. The molecule has 5 heteroatoms. The molecule has 0 amide bonds. The van der Waals surface area contributed by atoms with Crippen LogP contribution in [-0.2, 0) is 19.0 Å². The van der Waals surface area contributed by atoms with Gasteiger partial charge >= 0.3 is 5.97 Å². The molecule has 1 heterocycles. The number of carboxylic acid groups (broad SMARTS) is 1. The third kappa shape index (κ3) is 4.08. The van der Waals surface area contributed by atoms with Crippen LogP contribution >= 0.6 is 0 Å². The summed E-state index contributed by atoms with van der Waals surface area (Å²) in [6, 6.07) is 0. The van der Waals surface area contributed by atoms with Crippen LogP contribution in [0.25, 0.3) is 0 Å². The first-order chi connectivity index (χ1) is 7.44. The van der Waals surface area contributed by atoms with Gasteiger partial charge in [-0.05, 0) is 20.3 Å². The average molecular weight is 232 g/mol. The van der Waals surface area contributed by atoms with E-state index in [-0.39, 0.29) is 6.10 Å². The smallest absolute Gasteiger partial charge is 0.333 e. The summed E-state index contributed by atoms with van der Waals surface area (Å²) >= 11 is 0. The molecule has 16 heavy (non-hydrogen) atoms. The molecule has 2 unspecified atom stereocenters. The molecule has 0 bridgehead atoms. The minimum Gasteiger partial charge on any atom is -0.479 e. The van der Waals surface area contributed by atoms with E-state index in [0.717, 1.165) is 6.42 Å². The van der Waals surface area contributed by atoms with Gasteiger partial charge in [0, 0.05) is 13.0 Å². The Labute approximate surface area is 95.7 Å². The van der Waals surface area contributed by atoms with Crippen LogP contribution in [-0.4, -0.2) is 42.3 Å². The van der Waals surface area contributed by atoms with Crippen molar-refractivity contribution in [1.82, 2.24) is 0 Å². The van der Waals surface area contributed by atoms with Gasteiger partial charge in [-0.15, -0.1) is 0 Å². The van der Waals surface area contributed by atoms with Crippen LogP contribution in [0.5, 0.6) is 0 Å². The molecular formula is C11H20O5. The Morgan fingerprint density at radius 2 is 2.19 bits per heavy atom. The summed E-state index contributed by atoms with van der Waals surface area (Å²) in [4.78, 5) is 10.9. The van der Waals surface area contributed by atoms with E-state index in [9.17, 15) is 4.79 Å². The molecule has 1 aliphatic heterocycles. The van der Waals surface area contributed by atoms with Gasteiger partial charge in [0.15, 0.2) is 11.9 Å². The maximum Gasteiger partial charge on any atom is 0.333 e. The van der Waals surface area contributed by atoms with E-state index in [1.54, 1.807) is 13.8 Å². The Hall–Kier alpha value is -0.650. The summed E-state index contributed by atoms with van der Waals surface area (Å²) in [7, 11) is 0. The Balaban J connectivity index is 2.48. The average Bonchev–Trinajstić information content (AvgIpc) is 2.15. The quantitative estimate of drug-likeness (QED) is 0.726. The second kappa shape index (κ2) is 5.61. The molecule has 1 fully saturated rings. The van der Waals surface area contributed by atoms with Crippen molar-refractivity contribution in [2.45, 2.75) is 51.6 Å². The topological polar surface area (TPSA) is 65.0 Å². The number of carbonyl (C=O) groups is 1. The van der Waals surface area contributed by atoms with Crippen molar-refractivity contribution in [2.24, 2.45) is 0 Å².